The van der Waals surface area contributed by atoms with Gasteiger partial charge in [0, 0.05) is 6.54 Å². The molecule has 0 saturated heterocycles. The van der Waals surface area contributed by atoms with E-state index >= 15 is 0 Å². The van der Waals surface area contributed by atoms with Crippen molar-refractivity contribution in [2.45, 2.75) is 33.6 Å². The largest absolute Gasteiger partial charge is 0.313 e. The van der Waals surface area contributed by atoms with Crippen LogP contribution < -0.4 is 5.32 Å². The second kappa shape index (κ2) is 7.11. The highest BCUT2D eigenvalue weighted by Gasteiger charge is 1.91. The smallest absolute Gasteiger partial charge is 0.0161 e. The minimum atomic E-state index is 0.965. The van der Waals surface area contributed by atoms with E-state index in [-0.39, 0.29) is 0 Å². The molecule has 0 aliphatic rings. The van der Waals surface area contributed by atoms with Crippen LogP contribution in [0.2, 0.25) is 0 Å². The molecule has 1 nitrogen and oxygen atoms in total. The summed E-state index contributed by atoms with van der Waals surface area (Å²) >= 11 is 0. The molecule has 0 radical (unpaired) electrons. The maximum Gasteiger partial charge on any atom is 0.0161 e. The van der Waals surface area contributed by atoms with Crippen molar-refractivity contribution in [3.05, 3.63) is 23.8 Å². The van der Waals surface area contributed by atoms with Gasteiger partial charge >= 0.3 is 0 Å². The van der Waals surface area contributed by atoms with Gasteiger partial charge < -0.3 is 5.32 Å². The minimum Gasteiger partial charge on any atom is -0.313 e. The predicted molar refractivity (Wildman–Crippen MR) is 56.3 cm³/mol. The van der Waals surface area contributed by atoms with E-state index in [4.69, 9.17) is 0 Å². The fraction of sp³-hybridized carbons (Fsp3) is 0.636. The zero-order valence-electron chi connectivity index (χ0n) is 8.61. The lowest BCUT2D eigenvalue weighted by Gasteiger charge is -2.03. The Morgan fingerprint density at radius 1 is 1.42 bits per heavy atom. The molecule has 70 valence electrons. The average molecular weight is 167 g/mol. The lowest BCUT2D eigenvalue weighted by Crippen LogP contribution is -2.15. The molecule has 0 aliphatic heterocycles. The molecule has 0 amide bonds. The second-order valence-corrected chi connectivity index (χ2v) is 3.35. The first-order valence-corrected chi connectivity index (χ1v) is 4.67. The topological polar surface area (TPSA) is 12.0 Å². The summed E-state index contributed by atoms with van der Waals surface area (Å²) in [5.41, 5.74) is 2.70. The molecule has 0 atom stereocenters. The maximum absolute atomic E-state index is 4.00. The number of nitrogens with one attached hydrogen (secondary N) is 1. The standard InChI is InChI=1S/C11H21N/c1-5-12-9-11(4)8-6-7-10(2)3/h7,12H,4-6,8-9H2,1-3H3. The van der Waals surface area contributed by atoms with E-state index < -0.39 is 0 Å². The Labute approximate surface area is 76.6 Å². The van der Waals surface area contributed by atoms with Gasteiger partial charge in [-0.15, -0.1) is 0 Å². The van der Waals surface area contributed by atoms with Crippen LogP contribution in [-0.2, 0) is 0 Å². The van der Waals surface area contributed by atoms with E-state index in [0.717, 1.165) is 25.9 Å². The fourth-order valence-corrected chi connectivity index (χ4v) is 0.955. The summed E-state index contributed by atoms with van der Waals surface area (Å²) in [4.78, 5) is 0. The molecule has 0 saturated carbocycles. The Kier molecular flexibility index (Phi) is 6.78. The predicted octanol–water partition coefficient (Wildman–Crippen LogP) is 2.90. The summed E-state index contributed by atoms with van der Waals surface area (Å²) in [6.07, 6.45) is 4.50. The van der Waals surface area contributed by atoms with Crippen LogP contribution in [-0.4, -0.2) is 13.1 Å². The van der Waals surface area contributed by atoms with Gasteiger partial charge in [-0.25, -0.2) is 0 Å². The third-order valence-corrected chi connectivity index (χ3v) is 1.68. The van der Waals surface area contributed by atoms with Crippen LogP contribution in [0.3, 0.4) is 0 Å². The van der Waals surface area contributed by atoms with Crippen molar-refractivity contribution in [2.75, 3.05) is 13.1 Å². The lowest BCUT2D eigenvalue weighted by atomic mass is 10.1. The molecule has 0 aromatic heterocycles. The van der Waals surface area contributed by atoms with Crippen molar-refractivity contribution in [1.82, 2.24) is 5.32 Å². The molecule has 1 N–H and O–H groups in total. The van der Waals surface area contributed by atoms with Gasteiger partial charge in [0.25, 0.3) is 0 Å². The quantitative estimate of drug-likeness (QED) is 0.600. The van der Waals surface area contributed by atoms with Gasteiger partial charge in [0.05, 0.1) is 0 Å². The molecular formula is C11H21N. The molecule has 0 aromatic rings. The van der Waals surface area contributed by atoms with Crippen LogP contribution in [0, 0.1) is 0 Å². The van der Waals surface area contributed by atoms with Crippen molar-refractivity contribution in [1.29, 1.82) is 0 Å². The van der Waals surface area contributed by atoms with E-state index in [1.807, 2.05) is 0 Å². The zero-order valence-corrected chi connectivity index (χ0v) is 8.61. The van der Waals surface area contributed by atoms with Crippen molar-refractivity contribution < 1.29 is 0 Å². The van der Waals surface area contributed by atoms with Crippen molar-refractivity contribution in [2.24, 2.45) is 0 Å². The van der Waals surface area contributed by atoms with Crippen LogP contribution in [0.15, 0.2) is 23.8 Å². The maximum atomic E-state index is 4.00. The Morgan fingerprint density at radius 2 is 2.08 bits per heavy atom. The first-order chi connectivity index (χ1) is 5.66. The molecule has 0 aliphatic carbocycles. The van der Waals surface area contributed by atoms with Gasteiger partial charge in [0.15, 0.2) is 0 Å². The summed E-state index contributed by atoms with van der Waals surface area (Å²) in [6.45, 7) is 12.4. The third-order valence-electron chi connectivity index (χ3n) is 1.68. The Hall–Kier alpha value is -0.560. The van der Waals surface area contributed by atoms with E-state index in [9.17, 15) is 0 Å². The molecule has 1 heteroatoms. The summed E-state index contributed by atoms with van der Waals surface area (Å²) < 4.78 is 0. The highest BCUT2D eigenvalue weighted by molar-refractivity contribution is 5.01. The highest BCUT2D eigenvalue weighted by Crippen LogP contribution is 2.03. The van der Waals surface area contributed by atoms with Gasteiger partial charge in [0.1, 0.15) is 0 Å². The summed E-state index contributed by atoms with van der Waals surface area (Å²) in [7, 11) is 0. The highest BCUT2D eigenvalue weighted by atomic mass is 14.8. The average Bonchev–Trinajstić information content (AvgIpc) is 2.00. The van der Waals surface area contributed by atoms with Gasteiger partial charge in [-0.3, -0.25) is 0 Å². The molecule has 12 heavy (non-hydrogen) atoms. The van der Waals surface area contributed by atoms with E-state index in [1.54, 1.807) is 0 Å². The van der Waals surface area contributed by atoms with Gasteiger partial charge in [-0.1, -0.05) is 30.7 Å². The third kappa shape index (κ3) is 7.55. The van der Waals surface area contributed by atoms with Crippen LogP contribution in [0.5, 0.6) is 0 Å². The summed E-state index contributed by atoms with van der Waals surface area (Å²) in [6, 6.07) is 0. The molecule has 0 spiro atoms. The number of rotatable bonds is 6. The molecule has 0 fully saturated rings. The van der Waals surface area contributed by atoms with E-state index in [2.05, 4.69) is 38.7 Å². The molecule has 0 rings (SSSR count). The first-order valence-electron chi connectivity index (χ1n) is 4.67. The Morgan fingerprint density at radius 3 is 2.58 bits per heavy atom. The first kappa shape index (κ1) is 11.4. The number of allylic oxidation sites excluding steroid dienone is 2. The zero-order chi connectivity index (χ0) is 9.40. The Bertz CT molecular complexity index is 152. The molecule has 0 heterocycles. The van der Waals surface area contributed by atoms with Crippen molar-refractivity contribution in [3.8, 4) is 0 Å². The summed E-state index contributed by atoms with van der Waals surface area (Å²) in [5.74, 6) is 0. The number of hydrogen-bond donors (Lipinski definition) is 1. The SMILES string of the molecule is C=C(CCC=C(C)C)CNCC. The molecule has 0 unspecified atom stereocenters. The molecule has 0 aromatic carbocycles. The van der Waals surface area contributed by atoms with Gasteiger partial charge in [0.2, 0.25) is 0 Å². The minimum absolute atomic E-state index is 0.965. The van der Waals surface area contributed by atoms with E-state index in [0.29, 0.717) is 0 Å². The van der Waals surface area contributed by atoms with Crippen LogP contribution in [0.1, 0.15) is 33.6 Å². The van der Waals surface area contributed by atoms with Crippen LogP contribution >= 0.6 is 0 Å². The second-order valence-electron chi connectivity index (χ2n) is 3.35. The monoisotopic (exact) mass is 167 g/mol. The lowest BCUT2D eigenvalue weighted by molar-refractivity contribution is 0.750. The van der Waals surface area contributed by atoms with Gasteiger partial charge in [-0.05, 0) is 33.2 Å². The normalized spacial score (nSPS) is 9.58. The van der Waals surface area contributed by atoms with Crippen LogP contribution in [0.25, 0.3) is 0 Å². The van der Waals surface area contributed by atoms with Crippen molar-refractivity contribution >= 4 is 0 Å². The fourth-order valence-electron chi connectivity index (χ4n) is 0.955. The van der Waals surface area contributed by atoms with Gasteiger partial charge in [-0.2, -0.15) is 0 Å². The van der Waals surface area contributed by atoms with E-state index in [1.165, 1.54) is 11.1 Å². The van der Waals surface area contributed by atoms with Crippen LogP contribution in [0.4, 0.5) is 0 Å². The molecule has 0 bridgehead atoms. The number of hydrogen-bond acceptors (Lipinski definition) is 1. The number of likely N-dealkylation sites (N-methyl/N-ethyl adjacent to an activating group) is 1. The Balaban J connectivity index is 3.38. The summed E-state index contributed by atoms with van der Waals surface area (Å²) in [5, 5.41) is 3.27. The molecular weight excluding hydrogens is 146 g/mol. The van der Waals surface area contributed by atoms with Crippen molar-refractivity contribution in [3.63, 3.8) is 0 Å².